The molecular formula is C34H21+. The van der Waals surface area contributed by atoms with Crippen LogP contribution in [0.15, 0.2) is 127 Å². The monoisotopic (exact) mass is 429 g/mol. The largest absolute Gasteiger partial charge is 0.139 e. The van der Waals surface area contributed by atoms with Crippen LogP contribution in [0.4, 0.5) is 0 Å². The molecule has 0 spiro atoms. The summed E-state index contributed by atoms with van der Waals surface area (Å²) in [6, 6.07) is 45.7. The van der Waals surface area contributed by atoms with E-state index in [1.54, 1.807) is 0 Å². The van der Waals surface area contributed by atoms with Crippen LogP contribution in [0.2, 0.25) is 0 Å². The summed E-state index contributed by atoms with van der Waals surface area (Å²) >= 11 is 0. The molecule has 34 heavy (non-hydrogen) atoms. The van der Waals surface area contributed by atoms with Crippen molar-refractivity contribution in [3.8, 4) is 11.1 Å². The Morgan fingerprint density at radius 2 is 1.06 bits per heavy atom. The molecule has 0 radical (unpaired) electrons. The van der Waals surface area contributed by atoms with Gasteiger partial charge < -0.3 is 0 Å². The second-order valence-corrected chi connectivity index (χ2v) is 8.84. The maximum Gasteiger partial charge on any atom is 0.139 e. The van der Waals surface area contributed by atoms with Gasteiger partial charge in [0.05, 0.1) is 22.1 Å². The lowest BCUT2D eigenvalue weighted by Crippen LogP contribution is -2.13. The molecule has 0 nitrogen and oxygen atoms in total. The fourth-order valence-electron chi connectivity index (χ4n) is 5.40. The molecule has 0 saturated heterocycles. The fourth-order valence-corrected chi connectivity index (χ4v) is 5.40. The summed E-state index contributed by atoms with van der Waals surface area (Å²) in [5.74, 6) is 0. The lowest BCUT2D eigenvalue weighted by atomic mass is 9.78. The quantitative estimate of drug-likeness (QED) is 0.250. The van der Waals surface area contributed by atoms with Gasteiger partial charge in [-0.25, -0.2) is 0 Å². The summed E-state index contributed by atoms with van der Waals surface area (Å²) in [6.07, 6.45) is 3.85. The van der Waals surface area contributed by atoms with Crippen molar-refractivity contribution < 1.29 is 0 Å². The number of benzene rings is 6. The first-order valence-electron chi connectivity index (χ1n) is 11.7. The van der Waals surface area contributed by atoms with Gasteiger partial charge in [-0.05, 0) is 52.7 Å². The van der Waals surface area contributed by atoms with Crippen molar-refractivity contribution in [2.45, 2.75) is 0 Å². The molecule has 156 valence electrons. The zero-order valence-corrected chi connectivity index (χ0v) is 18.6. The van der Waals surface area contributed by atoms with E-state index < -0.39 is 0 Å². The van der Waals surface area contributed by atoms with Gasteiger partial charge in [-0.3, -0.25) is 0 Å². The lowest BCUT2D eigenvalue weighted by Gasteiger charge is -2.19. The van der Waals surface area contributed by atoms with Crippen LogP contribution in [0.3, 0.4) is 0 Å². The molecule has 0 aromatic heterocycles. The van der Waals surface area contributed by atoms with Crippen molar-refractivity contribution in [1.29, 1.82) is 0 Å². The maximum absolute atomic E-state index is 3.85. The van der Waals surface area contributed by atoms with E-state index in [1.165, 1.54) is 54.9 Å². The Morgan fingerprint density at radius 1 is 0.441 bits per heavy atom. The summed E-state index contributed by atoms with van der Waals surface area (Å²) in [5, 5.41) is 6.33. The number of allylic oxidation sites excluding steroid dienone is 1. The molecule has 1 aliphatic rings. The smallest absolute Gasteiger partial charge is 0.0622 e. The fraction of sp³-hybridized carbons (Fsp3) is 0. The molecule has 0 heterocycles. The van der Waals surface area contributed by atoms with Gasteiger partial charge in [0.25, 0.3) is 0 Å². The number of hydrogen-bond donors (Lipinski definition) is 0. The molecule has 0 unspecified atom stereocenters. The van der Waals surface area contributed by atoms with Gasteiger partial charge in [0, 0.05) is 28.7 Å². The highest BCUT2D eigenvalue weighted by atomic mass is 14.3. The van der Waals surface area contributed by atoms with Crippen LogP contribution < -0.4 is 5.22 Å². The summed E-state index contributed by atoms with van der Waals surface area (Å²) in [5.41, 5.74) is 8.60. The van der Waals surface area contributed by atoms with Crippen molar-refractivity contribution in [1.82, 2.24) is 0 Å². The normalized spacial score (nSPS) is 12.6. The van der Waals surface area contributed by atoms with E-state index in [9.17, 15) is 0 Å². The highest BCUT2D eigenvalue weighted by molar-refractivity contribution is 6.24. The van der Waals surface area contributed by atoms with Crippen LogP contribution in [0.1, 0.15) is 16.7 Å². The van der Waals surface area contributed by atoms with Crippen molar-refractivity contribution in [3.63, 3.8) is 0 Å². The van der Waals surface area contributed by atoms with E-state index in [0.717, 1.165) is 10.8 Å². The molecule has 0 amide bonds. The molecule has 6 aromatic rings. The third-order valence-electron chi connectivity index (χ3n) is 6.87. The third kappa shape index (κ3) is 2.83. The molecule has 1 aliphatic carbocycles. The van der Waals surface area contributed by atoms with Gasteiger partial charge in [0.2, 0.25) is 0 Å². The van der Waals surface area contributed by atoms with Crippen LogP contribution in [0.5, 0.6) is 0 Å². The molecule has 0 aliphatic heterocycles. The first kappa shape index (κ1) is 19.0. The Hall–Kier alpha value is -4.51. The Morgan fingerprint density at radius 3 is 1.76 bits per heavy atom. The minimum atomic E-state index is 1.15. The van der Waals surface area contributed by atoms with Gasteiger partial charge in [-0.1, -0.05) is 84.9 Å². The summed E-state index contributed by atoms with van der Waals surface area (Å²) < 4.78 is 0. The molecular weight excluding hydrogens is 408 g/mol. The zero-order chi connectivity index (χ0) is 22.5. The van der Waals surface area contributed by atoms with Crippen LogP contribution in [-0.2, 0) is 0 Å². The minimum Gasteiger partial charge on any atom is -0.0622 e. The molecule has 0 heteroatoms. The van der Waals surface area contributed by atoms with Crippen LogP contribution in [-0.4, -0.2) is 0 Å². The predicted molar refractivity (Wildman–Crippen MR) is 144 cm³/mol. The highest BCUT2D eigenvalue weighted by Crippen LogP contribution is 2.45. The van der Waals surface area contributed by atoms with Crippen molar-refractivity contribution >= 4 is 38.8 Å². The van der Waals surface area contributed by atoms with Gasteiger partial charge in [0.15, 0.2) is 0 Å². The number of hydrogen-bond acceptors (Lipinski definition) is 0. The van der Waals surface area contributed by atoms with Gasteiger partial charge in [0.1, 0.15) is 10.8 Å². The average molecular weight is 430 g/mol. The molecule has 0 fully saturated rings. The zero-order valence-electron chi connectivity index (χ0n) is 18.6. The topological polar surface area (TPSA) is 0 Å². The standard InChI is InChI=1S/C34H21/c1-4-11-23(12-5-1)29-22-28-20-19-26-17-10-18-27-21-30(24-13-6-2-7-14-24)34(33(28)31(26)27)32(29)25-15-8-3-9-16-25/h1-21H/q+1. The lowest BCUT2D eigenvalue weighted by molar-refractivity contribution is 1.53. The second kappa shape index (κ2) is 7.52. The molecule has 6 aromatic carbocycles. The average Bonchev–Trinajstić information content (AvgIpc) is 2.92. The molecule has 0 N–H and O–H groups in total. The maximum atomic E-state index is 3.85. The van der Waals surface area contributed by atoms with E-state index in [0.29, 0.717) is 0 Å². The molecule has 0 bridgehead atoms. The summed E-state index contributed by atoms with van der Waals surface area (Å²) in [7, 11) is 0. The first-order chi connectivity index (χ1) is 16.9. The van der Waals surface area contributed by atoms with Gasteiger partial charge in [-0.2, -0.15) is 0 Å². The predicted octanol–water partition coefficient (Wildman–Crippen LogP) is 8.01. The Labute approximate surface area is 199 Å². The third-order valence-corrected chi connectivity index (χ3v) is 6.87. The van der Waals surface area contributed by atoms with Crippen LogP contribution >= 0.6 is 0 Å². The Kier molecular flexibility index (Phi) is 4.21. The van der Waals surface area contributed by atoms with Crippen molar-refractivity contribution in [2.24, 2.45) is 0 Å². The van der Waals surface area contributed by atoms with Gasteiger partial charge >= 0.3 is 0 Å². The van der Waals surface area contributed by atoms with E-state index in [2.05, 4.69) is 133 Å². The van der Waals surface area contributed by atoms with Gasteiger partial charge in [-0.15, -0.1) is 0 Å². The van der Waals surface area contributed by atoms with E-state index in [1.807, 2.05) is 0 Å². The van der Waals surface area contributed by atoms with E-state index >= 15 is 0 Å². The van der Waals surface area contributed by atoms with E-state index in [-0.39, 0.29) is 0 Å². The molecule has 0 saturated carbocycles. The first-order valence-corrected chi connectivity index (χ1v) is 11.7. The number of rotatable bonds is 3. The van der Waals surface area contributed by atoms with Crippen molar-refractivity contribution in [3.05, 3.63) is 149 Å². The Bertz CT molecular complexity index is 1760. The minimum absolute atomic E-state index is 1.15. The molecule has 7 rings (SSSR count). The van der Waals surface area contributed by atoms with Crippen LogP contribution in [0.25, 0.3) is 49.9 Å². The van der Waals surface area contributed by atoms with Crippen LogP contribution in [0, 0.1) is 0 Å². The van der Waals surface area contributed by atoms with Crippen molar-refractivity contribution in [2.75, 3.05) is 0 Å². The summed E-state index contributed by atoms with van der Waals surface area (Å²) in [4.78, 5) is 0. The summed E-state index contributed by atoms with van der Waals surface area (Å²) in [6.45, 7) is 0. The SMILES string of the molecule is [C+]1=c2ccc3cccc4cc(-c5ccccc5)c(c2c34)C(c2ccccc2)=C1c1ccccc1. The Balaban J connectivity index is 1.73. The molecule has 0 atom stereocenters. The highest BCUT2D eigenvalue weighted by Gasteiger charge is 2.30. The second-order valence-electron chi connectivity index (χ2n) is 8.84. The van der Waals surface area contributed by atoms with E-state index in [4.69, 9.17) is 0 Å².